The van der Waals surface area contributed by atoms with Crippen LogP contribution in [0.25, 0.3) is 0 Å². The number of amidine groups is 1. The molecule has 0 unspecified atom stereocenters. The van der Waals surface area contributed by atoms with Gasteiger partial charge in [-0.25, -0.2) is 0 Å². The minimum absolute atomic E-state index is 0.505. The van der Waals surface area contributed by atoms with E-state index in [1.54, 1.807) is 0 Å². The summed E-state index contributed by atoms with van der Waals surface area (Å²) in [5, 5.41) is 0. The average Bonchev–Trinajstić information content (AvgIpc) is 2.10. The zero-order valence-electron chi connectivity index (χ0n) is 6.09. The van der Waals surface area contributed by atoms with Gasteiger partial charge in [-0.3, -0.25) is 4.99 Å². The molecule has 2 heteroatoms. The van der Waals surface area contributed by atoms with E-state index >= 15 is 0 Å². The molecular weight excluding hydrogens is 112 g/mol. The van der Waals surface area contributed by atoms with Crippen LogP contribution in [0, 0.1) is 5.92 Å². The van der Waals surface area contributed by atoms with Gasteiger partial charge in [-0.2, -0.15) is 0 Å². The molecule has 2 N–H and O–H groups in total. The molecule has 0 saturated carbocycles. The second-order valence-electron chi connectivity index (χ2n) is 2.78. The third kappa shape index (κ3) is 1.23. The van der Waals surface area contributed by atoms with Crippen LogP contribution in [-0.2, 0) is 0 Å². The Bertz CT molecular complexity index is 129. The van der Waals surface area contributed by atoms with Crippen LogP contribution in [0.2, 0.25) is 0 Å². The Morgan fingerprint density at radius 1 is 1.78 bits per heavy atom. The maximum Gasteiger partial charge on any atom is 0.0944 e. The molecule has 0 aromatic rings. The summed E-state index contributed by atoms with van der Waals surface area (Å²) in [4.78, 5) is 4.28. The predicted molar refractivity (Wildman–Crippen MR) is 39.5 cm³/mol. The zero-order chi connectivity index (χ0) is 6.85. The Kier molecular flexibility index (Phi) is 1.74. The summed E-state index contributed by atoms with van der Waals surface area (Å²) < 4.78 is 0. The smallest absolute Gasteiger partial charge is 0.0944 e. The maximum atomic E-state index is 5.54. The molecule has 0 spiro atoms. The minimum Gasteiger partial charge on any atom is -0.387 e. The molecule has 0 aliphatic carbocycles. The van der Waals surface area contributed by atoms with Crippen LogP contribution in [0.5, 0.6) is 0 Å². The van der Waals surface area contributed by atoms with Gasteiger partial charge in [0.1, 0.15) is 0 Å². The highest BCUT2D eigenvalue weighted by atomic mass is 14.9. The lowest BCUT2D eigenvalue weighted by Gasteiger charge is -2.07. The van der Waals surface area contributed by atoms with E-state index in [1.807, 2.05) is 0 Å². The first kappa shape index (κ1) is 6.59. The summed E-state index contributed by atoms with van der Waals surface area (Å²) in [5.41, 5.74) is 5.54. The number of aliphatic imine (C=N–C) groups is 1. The zero-order valence-corrected chi connectivity index (χ0v) is 6.09. The fraction of sp³-hybridized carbons (Fsp3) is 0.857. The number of nitrogens with two attached hydrogens (primary N) is 1. The van der Waals surface area contributed by atoms with E-state index in [0.717, 1.165) is 18.7 Å². The molecule has 1 aliphatic rings. The van der Waals surface area contributed by atoms with Crippen molar-refractivity contribution >= 4 is 5.84 Å². The predicted octanol–water partition coefficient (Wildman–Crippen LogP) is 1.16. The molecule has 1 heterocycles. The van der Waals surface area contributed by atoms with E-state index in [9.17, 15) is 0 Å². The van der Waals surface area contributed by atoms with Gasteiger partial charge in [0, 0.05) is 6.42 Å². The van der Waals surface area contributed by atoms with Gasteiger partial charge in [-0.05, 0) is 12.3 Å². The summed E-state index contributed by atoms with van der Waals surface area (Å²) in [6.07, 6.45) is 2.13. The van der Waals surface area contributed by atoms with Gasteiger partial charge in [0.2, 0.25) is 0 Å². The second kappa shape index (κ2) is 2.38. The lowest BCUT2D eigenvalue weighted by molar-refractivity contribution is 0.492. The molecule has 1 aliphatic heterocycles. The molecule has 2 nitrogen and oxygen atoms in total. The SMILES string of the molecule is CC[C@@H]1N=C(N)C[C@H]1C. The topological polar surface area (TPSA) is 38.4 Å². The third-order valence-electron chi connectivity index (χ3n) is 1.94. The van der Waals surface area contributed by atoms with Crippen molar-refractivity contribution in [1.29, 1.82) is 0 Å². The van der Waals surface area contributed by atoms with Gasteiger partial charge < -0.3 is 5.73 Å². The molecule has 0 saturated heterocycles. The van der Waals surface area contributed by atoms with Gasteiger partial charge >= 0.3 is 0 Å². The molecule has 0 aromatic carbocycles. The Balaban J connectivity index is 2.53. The summed E-state index contributed by atoms with van der Waals surface area (Å²) >= 11 is 0. The first-order chi connectivity index (χ1) is 4.24. The largest absolute Gasteiger partial charge is 0.387 e. The van der Waals surface area contributed by atoms with Crippen molar-refractivity contribution in [3.8, 4) is 0 Å². The van der Waals surface area contributed by atoms with Gasteiger partial charge in [0.05, 0.1) is 11.9 Å². The van der Waals surface area contributed by atoms with Crippen molar-refractivity contribution in [2.75, 3.05) is 0 Å². The van der Waals surface area contributed by atoms with Crippen LogP contribution in [0.1, 0.15) is 26.7 Å². The van der Waals surface area contributed by atoms with Crippen molar-refractivity contribution in [3.63, 3.8) is 0 Å². The monoisotopic (exact) mass is 126 g/mol. The number of hydrogen-bond acceptors (Lipinski definition) is 2. The van der Waals surface area contributed by atoms with Crippen molar-refractivity contribution in [1.82, 2.24) is 0 Å². The number of nitrogens with zero attached hydrogens (tertiary/aromatic N) is 1. The molecular formula is C7H14N2. The molecule has 1 rings (SSSR count). The van der Waals surface area contributed by atoms with Crippen molar-refractivity contribution in [2.24, 2.45) is 16.6 Å². The molecule has 0 amide bonds. The molecule has 0 fully saturated rings. The van der Waals surface area contributed by atoms with Crippen molar-refractivity contribution in [2.45, 2.75) is 32.7 Å². The van der Waals surface area contributed by atoms with Gasteiger partial charge in [0.15, 0.2) is 0 Å². The van der Waals surface area contributed by atoms with Crippen LogP contribution >= 0.6 is 0 Å². The Morgan fingerprint density at radius 2 is 2.44 bits per heavy atom. The fourth-order valence-electron chi connectivity index (χ4n) is 1.35. The first-order valence-corrected chi connectivity index (χ1v) is 3.56. The standard InChI is InChI=1S/C7H14N2/c1-3-6-5(2)4-7(8)9-6/h5-6H,3-4H2,1-2H3,(H2,8,9)/t5-,6+/m1/s1. The van der Waals surface area contributed by atoms with E-state index < -0.39 is 0 Å². The van der Waals surface area contributed by atoms with E-state index in [1.165, 1.54) is 0 Å². The maximum absolute atomic E-state index is 5.54. The van der Waals surface area contributed by atoms with E-state index in [0.29, 0.717) is 12.0 Å². The Hall–Kier alpha value is -0.530. The summed E-state index contributed by atoms with van der Waals surface area (Å²) in [5.74, 6) is 1.52. The van der Waals surface area contributed by atoms with E-state index in [4.69, 9.17) is 5.73 Å². The quantitative estimate of drug-likeness (QED) is 0.562. The van der Waals surface area contributed by atoms with E-state index in [-0.39, 0.29) is 0 Å². The highest BCUT2D eigenvalue weighted by molar-refractivity contribution is 5.82. The van der Waals surface area contributed by atoms with Crippen molar-refractivity contribution in [3.05, 3.63) is 0 Å². The normalized spacial score (nSPS) is 34.7. The molecule has 0 aromatic heterocycles. The summed E-state index contributed by atoms with van der Waals surface area (Å²) in [6.45, 7) is 4.36. The minimum atomic E-state index is 0.505. The Morgan fingerprint density at radius 3 is 2.67 bits per heavy atom. The van der Waals surface area contributed by atoms with Crippen LogP contribution in [0.3, 0.4) is 0 Å². The van der Waals surface area contributed by atoms with Gasteiger partial charge in [-0.15, -0.1) is 0 Å². The molecule has 2 atom stereocenters. The van der Waals surface area contributed by atoms with Gasteiger partial charge in [-0.1, -0.05) is 13.8 Å². The summed E-state index contributed by atoms with van der Waals surface area (Å²) in [7, 11) is 0. The Labute approximate surface area is 56.2 Å². The molecule has 9 heavy (non-hydrogen) atoms. The van der Waals surface area contributed by atoms with E-state index in [2.05, 4.69) is 18.8 Å². The van der Waals surface area contributed by atoms with Gasteiger partial charge in [0.25, 0.3) is 0 Å². The fourth-order valence-corrected chi connectivity index (χ4v) is 1.35. The van der Waals surface area contributed by atoms with Crippen LogP contribution in [0.15, 0.2) is 4.99 Å². The van der Waals surface area contributed by atoms with Crippen LogP contribution in [-0.4, -0.2) is 11.9 Å². The number of rotatable bonds is 1. The average molecular weight is 126 g/mol. The van der Waals surface area contributed by atoms with Crippen molar-refractivity contribution < 1.29 is 0 Å². The molecule has 0 radical (unpaired) electrons. The lowest BCUT2D eigenvalue weighted by atomic mass is 10.0. The highest BCUT2D eigenvalue weighted by Gasteiger charge is 2.21. The summed E-state index contributed by atoms with van der Waals surface area (Å²) in [6, 6.07) is 0.505. The molecule has 0 bridgehead atoms. The van der Waals surface area contributed by atoms with Crippen LogP contribution < -0.4 is 5.73 Å². The first-order valence-electron chi connectivity index (χ1n) is 3.56. The molecule has 52 valence electrons. The third-order valence-corrected chi connectivity index (χ3v) is 1.94. The second-order valence-corrected chi connectivity index (χ2v) is 2.78. The highest BCUT2D eigenvalue weighted by Crippen LogP contribution is 2.20. The lowest BCUT2D eigenvalue weighted by Crippen LogP contribution is -2.10. The number of hydrogen-bond donors (Lipinski definition) is 1. The van der Waals surface area contributed by atoms with Crippen LogP contribution in [0.4, 0.5) is 0 Å².